The lowest BCUT2D eigenvalue weighted by Crippen LogP contribution is -1.96. The first-order valence-corrected chi connectivity index (χ1v) is 4.66. The molecule has 1 aliphatic heterocycles. The van der Waals surface area contributed by atoms with Crippen LogP contribution in [-0.2, 0) is 6.42 Å². The second-order valence-corrected chi connectivity index (χ2v) is 3.69. The molecule has 0 atom stereocenters. The largest absolute Gasteiger partial charge is 0.493 e. The summed E-state index contributed by atoms with van der Waals surface area (Å²) in [6, 6.07) is 3.17. The molecule has 0 aliphatic carbocycles. The van der Waals surface area contributed by atoms with Crippen LogP contribution in [0.1, 0.15) is 15.9 Å². The number of rotatable bonds is 1. The summed E-state index contributed by atoms with van der Waals surface area (Å²) < 4.78 is 6.10. The molecular formula is C9H7BrO3. The van der Waals surface area contributed by atoms with Crippen molar-refractivity contribution in [3.8, 4) is 5.75 Å². The highest BCUT2D eigenvalue weighted by molar-refractivity contribution is 9.10. The summed E-state index contributed by atoms with van der Waals surface area (Å²) >= 11 is 3.32. The molecular weight excluding hydrogens is 236 g/mol. The summed E-state index contributed by atoms with van der Waals surface area (Å²) in [6.45, 7) is 0.636. The lowest BCUT2D eigenvalue weighted by molar-refractivity contribution is 0.0696. The van der Waals surface area contributed by atoms with E-state index in [1.807, 2.05) is 0 Å². The SMILES string of the molecule is O=C(O)c1cc(Br)c2c(c1)OCC2. The molecule has 0 spiro atoms. The molecule has 0 unspecified atom stereocenters. The van der Waals surface area contributed by atoms with Crippen molar-refractivity contribution < 1.29 is 14.6 Å². The van der Waals surface area contributed by atoms with Crippen molar-refractivity contribution in [2.75, 3.05) is 6.61 Å². The summed E-state index contributed by atoms with van der Waals surface area (Å²) in [4.78, 5) is 10.7. The zero-order chi connectivity index (χ0) is 9.42. The van der Waals surface area contributed by atoms with E-state index in [1.54, 1.807) is 12.1 Å². The predicted octanol–water partition coefficient (Wildman–Crippen LogP) is 2.08. The van der Waals surface area contributed by atoms with Gasteiger partial charge in [-0.1, -0.05) is 15.9 Å². The number of benzene rings is 1. The number of aromatic carboxylic acids is 1. The maximum Gasteiger partial charge on any atom is 0.335 e. The Bertz CT molecular complexity index is 373. The fourth-order valence-corrected chi connectivity index (χ4v) is 2.01. The molecule has 0 aromatic heterocycles. The third kappa shape index (κ3) is 1.42. The molecule has 0 radical (unpaired) electrons. The highest BCUT2D eigenvalue weighted by Gasteiger charge is 2.18. The van der Waals surface area contributed by atoms with E-state index in [2.05, 4.69) is 15.9 Å². The molecule has 1 N–H and O–H groups in total. The Hall–Kier alpha value is -1.03. The number of ether oxygens (including phenoxy) is 1. The van der Waals surface area contributed by atoms with E-state index in [-0.39, 0.29) is 5.56 Å². The van der Waals surface area contributed by atoms with Gasteiger partial charge in [-0.25, -0.2) is 4.79 Å². The zero-order valence-corrected chi connectivity index (χ0v) is 8.30. The van der Waals surface area contributed by atoms with Crippen LogP contribution in [0.25, 0.3) is 0 Å². The lowest BCUT2D eigenvalue weighted by atomic mass is 10.1. The highest BCUT2D eigenvalue weighted by atomic mass is 79.9. The van der Waals surface area contributed by atoms with Crippen LogP contribution in [0.2, 0.25) is 0 Å². The Morgan fingerprint density at radius 3 is 3.00 bits per heavy atom. The fraction of sp³-hybridized carbons (Fsp3) is 0.222. The molecule has 0 bridgehead atoms. The fourth-order valence-electron chi connectivity index (χ4n) is 1.37. The van der Waals surface area contributed by atoms with Gasteiger partial charge in [-0.05, 0) is 12.1 Å². The normalized spacial score (nSPS) is 13.6. The number of hydrogen-bond donors (Lipinski definition) is 1. The average Bonchev–Trinajstić information content (AvgIpc) is 2.51. The first-order valence-electron chi connectivity index (χ1n) is 3.87. The maximum atomic E-state index is 10.7. The van der Waals surface area contributed by atoms with Crippen LogP contribution < -0.4 is 4.74 Å². The van der Waals surface area contributed by atoms with Crippen LogP contribution >= 0.6 is 15.9 Å². The first-order chi connectivity index (χ1) is 6.18. The minimum Gasteiger partial charge on any atom is -0.493 e. The van der Waals surface area contributed by atoms with Crippen molar-refractivity contribution >= 4 is 21.9 Å². The number of halogens is 1. The number of hydrogen-bond acceptors (Lipinski definition) is 2. The quantitative estimate of drug-likeness (QED) is 0.821. The molecule has 0 saturated heterocycles. The smallest absolute Gasteiger partial charge is 0.335 e. The summed E-state index contributed by atoms with van der Waals surface area (Å²) in [7, 11) is 0. The second kappa shape index (κ2) is 3.03. The van der Waals surface area contributed by atoms with Crippen LogP contribution in [0.4, 0.5) is 0 Å². The summed E-state index contributed by atoms with van der Waals surface area (Å²) in [5, 5.41) is 8.76. The van der Waals surface area contributed by atoms with Gasteiger partial charge in [0.25, 0.3) is 0 Å². The molecule has 0 saturated carbocycles. The van der Waals surface area contributed by atoms with Gasteiger partial charge in [-0.2, -0.15) is 0 Å². The lowest BCUT2D eigenvalue weighted by Gasteiger charge is -2.02. The van der Waals surface area contributed by atoms with Gasteiger partial charge >= 0.3 is 5.97 Å². The standard InChI is InChI=1S/C9H7BrO3/c10-7-3-5(9(11)12)4-8-6(7)1-2-13-8/h3-4H,1-2H2,(H,11,12). The molecule has 4 heteroatoms. The van der Waals surface area contributed by atoms with Crippen LogP contribution in [0.3, 0.4) is 0 Å². The van der Waals surface area contributed by atoms with Crippen molar-refractivity contribution in [3.05, 3.63) is 27.7 Å². The molecule has 1 heterocycles. The Morgan fingerprint density at radius 1 is 1.54 bits per heavy atom. The van der Waals surface area contributed by atoms with Gasteiger partial charge in [0.2, 0.25) is 0 Å². The molecule has 1 aromatic carbocycles. The molecule has 3 nitrogen and oxygen atoms in total. The Balaban J connectivity index is 2.55. The van der Waals surface area contributed by atoms with Crippen LogP contribution in [-0.4, -0.2) is 17.7 Å². The Morgan fingerprint density at radius 2 is 2.31 bits per heavy atom. The molecule has 0 amide bonds. The molecule has 68 valence electrons. The van der Waals surface area contributed by atoms with E-state index in [9.17, 15) is 4.79 Å². The van der Waals surface area contributed by atoms with Crippen molar-refractivity contribution in [1.29, 1.82) is 0 Å². The van der Waals surface area contributed by atoms with Crippen molar-refractivity contribution in [3.63, 3.8) is 0 Å². The number of fused-ring (bicyclic) bond motifs is 1. The van der Waals surface area contributed by atoms with E-state index in [4.69, 9.17) is 9.84 Å². The molecule has 1 aliphatic rings. The van der Waals surface area contributed by atoms with E-state index >= 15 is 0 Å². The summed E-state index contributed by atoms with van der Waals surface area (Å²) in [6.07, 6.45) is 0.843. The van der Waals surface area contributed by atoms with Gasteiger partial charge in [0.05, 0.1) is 12.2 Å². The van der Waals surface area contributed by atoms with Gasteiger partial charge in [0.15, 0.2) is 0 Å². The number of carboxylic acid groups (broad SMARTS) is 1. The number of carbonyl (C=O) groups is 1. The predicted molar refractivity (Wildman–Crippen MR) is 50.3 cm³/mol. The Labute approximate surface area is 83.5 Å². The van der Waals surface area contributed by atoms with Gasteiger partial charge < -0.3 is 9.84 Å². The van der Waals surface area contributed by atoms with Gasteiger partial charge in [-0.15, -0.1) is 0 Å². The molecule has 2 rings (SSSR count). The maximum absolute atomic E-state index is 10.7. The van der Waals surface area contributed by atoms with Crippen LogP contribution in [0.15, 0.2) is 16.6 Å². The van der Waals surface area contributed by atoms with Gasteiger partial charge in [0, 0.05) is 16.5 Å². The van der Waals surface area contributed by atoms with Gasteiger partial charge in [0.1, 0.15) is 5.75 Å². The number of carboxylic acids is 1. The minimum atomic E-state index is -0.931. The molecule has 13 heavy (non-hydrogen) atoms. The summed E-state index contributed by atoms with van der Waals surface area (Å²) in [5.41, 5.74) is 1.32. The molecule has 0 fully saturated rings. The van der Waals surface area contributed by atoms with E-state index in [0.717, 1.165) is 16.5 Å². The van der Waals surface area contributed by atoms with Crippen molar-refractivity contribution in [2.24, 2.45) is 0 Å². The van der Waals surface area contributed by atoms with E-state index in [0.29, 0.717) is 12.4 Å². The van der Waals surface area contributed by atoms with Crippen molar-refractivity contribution in [2.45, 2.75) is 6.42 Å². The monoisotopic (exact) mass is 242 g/mol. The van der Waals surface area contributed by atoms with Crippen LogP contribution in [0.5, 0.6) is 5.75 Å². The minimum absolute atomic E-state index is 0.257. The van der Waals surface area contributed by atoms with E-state index in [1.165, 1.54) is 0 Å². The first kappa shape index (κ1) is 8.56. The van der Waals surface area contributed by atoms with Gasteiger partial charge in [-0.3, -0.25) is 0 Å². The molecule has 1 aromatic rings. The van der Waals surface area contributed by atoms with Crippen LogP contribution in [0, 0.1) is 0 Å². The van der Waals surface area contributed by atoms with E-state index < -0.39 is 5.97 Å². The summed E-state index contributed by atoms with van der Waals surface area (Å²) in [5.74, 6) is -0.245. The van der Waals surface area contributed by atoms with Crippen molar-refractivity contribution in [1.82, 2.24) is 0 Å². The third-order valence-corrected chi connectivity index (χ3v) is 2.72. The third-order valence-electron chi connectivity index (χ3n) is 2.01. The average molecular weight is 243 g/mol. The highest BCUT2D eigenvalue weighted by Crippen LogP contribution is 2.33. The topological polar surface area (TPSA) is 46.5 Å². The Kier molecular flexibility index (Phi) is 2.00. The second-order valence-electron chi connectivity index (χ2n) is 2.84. The zero-order valence-electron chi connectivity index (χ0n) is 6.71.